The highest BCUT2D eigenvalue weighted by Gasteiger charge is 2.06. The molecular weight excluding hydrogens is 298 g/mol. The van der Waals surface area contributed by atoms with E-state index in [0.29, 0.717) is 12.2 Å². The zero-order valence-corrected chi connectivity index (χ0v) is 13.8. The van der Waals surface area contributed by atoms with Gasteiger partial charge in [0, 0.05) is 18.7 Å². The van der Waals surface area contributed by atoms with Gasteiger partial charge in [-0.05, 0) is 36.1 Å². The molecule has 1 amide bonds. The van der Waals surface area contributed by atoms with E-state index >= 15 is 0 Å². The Kier molecular flexibility index (Phi) is 5.06. The Bertz CT molecular complexity index is 791. The first-order chi connectivity index (χ1) is 11.7. The van der Waals surface area contributed by atoms with Gasteiger partial charge in [0.2, 0.25) is 5.91 Å². The lowest BCUT2D eigenvalue weighted by molar-refractivity contribution is -0.116. The van der Waals surface area contributed by atoms with Crippen molar-refractivity contribution in [3.63, 3.8) is 0 Å². The van der Waals surface area contributed by atoms with Gasteiger partial charge in [-0.25, -0.2) is 4.68 Å². The van der Waals surface area contributed by atoms with Crippen molar-refractivity contribution in [2.75, 3.05) is 5.32 Å². The lowest BCUT2D eigenvalue weighted by Crippen LogP contribution is -2.13. The fourth-order valence-electron chi connectivity index (χ4n) is 2.52. The monoisotopic (exact) mass is 319 g/mol. The zero-order valence-electron chi connectivity index (χ0n) is 13.8. The third-order valence-corrected chi connectivity index (χ3v) is 3.95. The number of carbonyl (C=O) groups excluding carboxylic acids is 1. The molecular formula is C20H21N3O. The maximum absolute atomic E-state index is 12.1. The van der Waals surface area contributed by atoms with Crippen LogP contribution < -0.4 is 5.32 Å². The highest BCUT2D eigenvalue weighted by atomic mass is 16.1. The number of nitrogens with one attached hydrogen (secondary N) is 1. The summed E-state index contributed by atoms with van der Waals surface area (Å²) in [5.41, 5.74) is 3.46. The van der Waals surface area contributed by atoms with Crippen LogP contribution in [0.25, 0.3) is 5.69 Å². The minimum Gasteiger partial charge on any atom is -0.309 e. The summed E-state index contributed by atoms with van der Waals surface area (Å²) < 4.78 is 1.75. The van der Waals surface area contributed by atoms with Crippen molar-refractivity contribution in [1.29, 1.82) is 0 Å². The van der Waals surface area contributed by atoms with Crippen molar-refractivity contribution in [2.24, 2.45) is 0 Å². The third kappa shape index (κ3) is 4.10. The molecule has 0 spiro atoms. The Morgan fingerprint density at radius 2 is 1.71 bits per heavy atom. The average molecular weight is 319 g/mol. The number of anilines is 1. The van der Waals surface area contributed by atoms with Crippen molar-refractivity contribution in [1.82, 2.24) is 9.78 Å². The Morgan fingerprint density at radius 3 is 2.42 bits per heavy atom. The standard InChI is InChI=1S/C20H21N3O/c1-2-16-8-10-17(11-9-16)12-13-20(24)21-19-14-15-23(22-19)18-6-4-3-5-7-18/h3-11,14-15H,2,12-13H2,1H3,(H,21,22,24). The first kappa shape index (κ1) is 16.0. The number of benzene rings is 2. The number of amides is 1. The van der Waals surface area contributed by atoms with E-state index in [2.05, 4.69) is 41.6 Å². The van der Waals surface area contributed by atoms with Gasteiger partial charge in [0.05, 0.1) is 5.69 Å². The number of hydrogen-bond donors (Lipinski definition) is 1. The molecule has 0 aliphatic heterocycles. The fraction of sp³-hybridized carbons (Fsp3) is 0.200. The molecule has 0 saturated carbocycles. The molecule has 0 radical (unpaired) electrons. The summed E-state index contributed by atoms with van der Waals surface area (Å²) in [6.07, 6.45) is 4.05. The van der Waals surface area contributed by atoms with Gasteiger partial charge in [0.25, 0.3) is 0 Å². The number of carbonyl (C=O) groups is 1. The first-order valence-electron chi connectivity index (χ1n) is 8.23. The van der Waals surface area contributed by atoms with Crippen LogP contribution in [-0.2, 0) is 17.6 Å². The van der Waals surface area contributed by atoms with Crippen molar-refractivity contribution in [3.05, 3.63) is 78.0 Å². The van der Waals surface area contributed by atoms with Crippen LogP contribution >= 0.6 is 0 Å². The van der Waals surface area contributed by atoms with Crippen LogP contribution in [0, 0.1) is 0 Å². The minimum absolute atomic E-state index is 0.0205. The molecule has 4 nitrogen and oxygen atoms in total. The van der Waals surface area contributed by atoms with Crippen molar-refractivity contribution >= 4 is 11.7 Å². The van der Waals surface area contributed by atoms with Crippen LogP contribution in [0.5, 0.6) is 0 Å². The largest absolute Gasteiger partial charge is 0.309 e. The minimum atomic E-state index is -0.0205. The van der Waals surface area contributed by atoms with Crippen LogP contribution in [-0.4, -0.2) is 15.7 Å². The number of rotatable bonds is 6. The maximum atomic E-state index is 12.1. The summed E-state index contributed by atoms with van der Waals surface area (Å²) in [5.74, 6) is 0.554. The Morgan fingerprint density at radius 1 is 1.00 bits per heavy atom. The number of para-hydroxylation sites is 1. The van der Waals surface area contributed by atoms with E-state index in [0.717, 1.165) is 18.5 Å². The Labute approximate surface area is 142 Å². The number of aryl methyl sites for hydroxylation is 2. The summed E-state index contributed by atoms with van der Waals surface area (Å²) in [4.78, 5) is 12.1. The molecule has 0 unspecified atom stereocenters. The number of hydrogen-bond acceptors (Lipinski definition) is 2. The van der Waals surface area contributed by atoms with Crippen LogP contribution in [0.1, 0.15) is 24.5 Å². The lowest BCUT2D eigenvalue weighted by atomic mass is 10.1. The predicted molar refractivity (Wildman–Crippen MR) is 96.3 cm³/mol. The van der Waals surface area contributed by atoms with Gasteiger partial charge in [0.15, 0.2) is 5.82 Å². The summed E-state index contributed by atoms with van der Waals surface area (Å²) in [5, 5.41) is 7.24. The second kappa shape index (κ2) is 7.59. The molecule has 0 saturated heterocycles. The molecule has 3 aromatic rings. The molecule has 1 aromatic heterocycles. The number of nitrogens with zero attached hydrogens (tertiary/aromatic N) is 2. The summed E-state index contributed by atoms with van der Waals surface area (Å²) in [7, 11) is 0. The molecule has 3 rings (SSSR count). The van der Waals surface area contributed by atoms with E-state index in [1.807, 2.05) is 36.5 Å². The van der Waals surface area contributed by atoms with E-state index in [1.54, 1.807) is 10.7 Å². The van der Waals surface area contributed by atoms with E-state index in [4.69, 9.17) is 0 Å². The topological polar surface area (TPSA) is 46.9 Å². The van der Waals surface area contributed by atoms with Gasteiger partial charge in [-0.15, -0.1) is 0 Å². The quantitative estimate of drug-likeness (QED) is 0.746. The molecule has 0 bridgehead atoms. The maximum Gasteiger partial charge on any atom is 0.225 e. The Balaban J connectivity index is 1.54. The number of aromatic nitrogens is 2. The summed E-state index contributed by atoms with van der Waals surface area (Å²) >= 11 is 0. The molecule has 0 atom stereocenters. The second-order valence-corrected chi connectivity index (χ2v) is 5.70. The molecule has 0 fully saturated rings. The molecule has 1 heterocycles. The normalized spacial score (nSPS) is 10.5. The molecule has 24 heavy (non-hydrogen) atoms. The highest BCUT2D eigenvalue weighted by molar-refractivity contribution is 5.89. The van der Waals surface area contributed by atoms with Gasteiger partial charge < -0.3 is 5.32 Å². The van der Waals surface area contributed by atoms with Gasteiger partial charge in [-0.3, -0.25) is 4.79 Å². The SMILES string of the molecule is CCc1ccc(CCC(=O)Nc2ccn(-c3ccccc3)n2)cc1. The summed E-state index contributed by atoms with van der Waals surface area (Å²) in [6, 6.07) is 20.1. The molecule has 2 aromatic carbocycles. The van der Waals surface area contributed by atoms with Crippen LogP contribution in [0.15, 0.2) is 66.9 Å². The van der Waals surface area contributed by atoms with Crippen LogP contribution in [0.3, 0.4) is 0 Å². The highest BCUT2D eigenvalue weighted by Crippen LogP contribution is 2.11. The van der Waals surface area contributed by atoms with Crippen LogP contribution in [0.2, 0.25) is 0 Å². The Hall–Kier alpha value is -2.88. The van der Waals surface area contributed by atoms with Crippen molar-refractivity contribution in [3.8, 4) is 5.69 Å². The first-order valence-corrected chi connectivity index (χ1v) is 8.23. The second-order valence-electron chi connectivity index (χ2n) is 5.70. The van der Waals surface area contributed by atoms with Crippen molar-refractivity contribution < 1.29 is 4.79 Å². The molecule has 0 aliphatic carbocycles. The van der Waals surface area contributed by atoms with E-state index in [-0.39, 0.29) is 5.91 Å². The van der Waals surface area contributed by atoms with E-state index in [9.17, 15) is 4.79 Å². The van der Waals surface area contributed by atoms with Crippen molar-refractivity contribution in [2.45, 2.75) is 26.2 Å². The molecule has 0 aliphatic rings. The van der Waals surface area contributed by atoms with Crippen LogP contribution in [0.4, 0.5) is 5.82 Å². The third-order valence-electron chi connectivity index (χ3n) is 3.95. The van der Waals surface area contributed by atoms with Gasteiger partial charge in [-0.2, -0.15) is 5.10 Å². The van der Waals surface area contributed by atoms with E-state index < -0.39 is 0 Å². The van der Waals surface area contributed by atoms with Gasteiger partial charge >= 0.3 is 0 Å². The zero-order chi connectivity index (χ0) is 16.8. The molecule has 4 heteroatoms. The molecule has 1 N–H and O–H groups in total. The van der Waals surface area contributed by atoms with Gasteiger partial charge in [0.1, 0.15) is 0 Å². The van der Waals surface area contributed by atoms with Gasteiger partial charge in [-0.1, -0.05) is 49.4 Å². The fourth-order valence-corrected chi connectivity index (χ4v) is 2.52. The van der Waals surface area contributed by atoms with E-state index in [1.165, 1.54) is 11.1 Å². The summed E-state index contributed by atoms with van der Waals surface area (Å²) in [6.45, 7) is 2.14. The molecule has 122 valence electrons. The predicted octanol–water partition coefficient (Wildman–Crippen LogP) is 4.01. The lowest BCUT2D eigenvalue weighted by Gasteiger charge is -2.04. The average Bonchev–Trinajstić information content (AvgIpc) is 3.09. The smallest absolute Gasteiger partial charge is 0.225 e.